The Hall–Kier alpha value is -4.13. The van der Waals surface area contributed by atoms with Gasteiger partial charge in [0.15, 0.2) is 0 Å². The Labute approximate surface area is 202 Å². The van der Waals surface area contributed by atoms with Crippen molar-refractivity contribution in [1.82, 2.24) is 20.9 Å². The molecule has 0 bridgehead atoms. The van der Waals surface area contributed by atoms with Gasteiger partial charge in [-0.2, -0.15) is 5.26 Å². The number of allylic oxidation sites excluding steroid dienone is 2. The lowest BCUT2D eigenvalue weighted by Crippen LogP contribution is -2.46. The van der Waals surface area contributed by atoms with Crippen LogP contribution >= 0.6 is 0 Å². The number of nitrogens with one attached hydrogen (secondary N) is 4. The first-order valence-electron chi connectivity index (χ1n) is 11.5. The van der Waals surface area contributed by atoms with Crippen molar-refractivity contribution in [2.75, 3.05) is 7.11 Å². The number of carbonyl (C=O) groups is 4. The van der Waals surface area contributed by atoms with Crippen molar-refractivity contribution in [3.8, 4) is 11.8 Å². The Morgan fingerprint density at radius 1 is 1.29 bits per heavy atom. The third kappa shape index (κ3) is 5.35. The van der Waals surface area contributed by atoms with Crippen molar-refractivity contribution in [2.24, 2.45) is 17.8 Å². The van der Waals surface area contributed by atoms with Gasteiger partial charge in [0.25, 0.3) is 5.91 Å². The maximum atomic E-state index is 13.0. The van der Waals surface area contributed by atoms with E-state index in [1.807, 2.05) is 18.2 Å². The highest BCUT2D eigenvalue weighted by Gasteiger charge is 2.37. The molecule has 1 aliphatic carbocycles. The van der Waals surface area contributed by atoms with Crippen LogP contribution in [0.1, 0.15) is 43.1 Å². The zero-order valence-corrected chi connectivity index (χ0v) is 19.5. The van der Waals surface area contributed by atoms with E-state index in [9.17, 15) is 24.4 Å². The molecule has 4 amide bonds. The minimum atomic E-state index is -0.838. The van der Waals surface area contributed by atoms with Crippen LogP contribution < -0.4 is 20.7 Å². The molecular weight excluding hydrogens is 450 g/mol. The van der Waals surface area contributed by atoms with E-state index >= 15 is 0 Å². The third-order valence-electron chi connectivity index (χ3n) is 6.53. The Morgan fingerprint density at radius 2 is 2.06 bits per heavy atom. The van der Waals surface area contributed by atoms with E-state index in [2.05, 4.69) is 20.9 Å². The van der Waals surface area contributed by atoms with Crippen molar-refractivity contribution < 1.29 is 23.9 Å². The number of fused-ring (bicyclic) bond motifs is 1. The standard InChI is InChI=1S/C25H27N5O5/c1-13-16(23(32)30-22(13)31)9-8-15(12-26)27-24(33)19(10-14-6-7-14)29-25(34)20-11-17-18(28-20)4-3-5-21(17)35-2/h3-5,8,11,13-14,16,19,28H,6-7,9-10H2,1-2H3,(H,27,33)(H,29,34)(H,30,31,32)/b15-8-/t13-,16+,19?/m1/s1. The quantitative estimate of drug-likeness (QED) is 0.320. The van der Waals surface area contributed by atoms with E-state index in [-0.39, 0.29) is 18.0 Å². The molecule has 1 aromatic heterocycles. The largest absolute Gasteiger partial charge is 0.496 e. The SMILES string of the molecule is COc1cccc2[nH]c(C(=O)NC(CC3CC3)C(=O)N/C(C#N)=C\C[C@@H]3C(=O)NC(=O)[C@@H]3C)cc12. The number of H-pyrrole nitrogens is 1. The van der Waals surface area contributed by atoms with Gasteiger partial charge in [0, 0.05) is 16.8 Å². The predicted molar refractivity (Wildman–Crippen MR) is 126 cm³/mol. The summed E-state index contributed by atoms with van der Waals surface area (Å²) >= 11 is 0. The number of amides is 4. The number of aromatic amines is 1. The molecule has 1 aliphatic heterocycles. The predicted octanol–water partition coefficient (Wildman–Crippen LogP) is 1.90. The average molecular weight is 478 g/mol. The Kier molecular flexibility index (Phi) is 6.87. The summed E-state index contributed by atoms with van der Waals surface area (Å²) < 4.78 is 5.34. The van der Waals surface area contributed by atoms with Gasteiger partial charge >= 0.3 is 0 Å². The first-order valence-corrected chi connectivity index (χ1v) is 11.5. The molecule has 1 saturated heterocycles. The topological polar surface area (TPSA) is 153 Å². The minimum absolute atomic E-state index is 0.0280. The van der Waals surface area contributed by atoms with Crippen molar-refractivity contribution in [2.45, 2.75) is 38.6 Å². The summed E-state index contributed by atoms with van der Waals surface area (Å²) in [5.74, 6) is -1.84. The minimum Gasteiger partial charge on any atom is -0.496 e. The van der Waals surface area contributed by atoms with Gasteiger partial charge in [-0.15, -0.1) is 0 Å². The average Bonchev–Trinajstić information content (AvgIpc) is 3.49. The molecule has 182 valence electrons. The molecule has 10 nitrogen and oxygen atoms in total. The summed E-state index contributed by atoms with van der Waals surface area (Å²) in [6.07, 6.45) is 3.99. The molecule has 2 aliphatic rings. The summed E-state index contributed by atoms with van der Waals surface area (Å²) in [6.45, 7) is 1.64. The fraction of sp³-hybridized carbons (Fsp3) is 0.400. The van der Waals surface area contributed by atoms with Crippen LogP contribution in [-0.2, 0) is 14.4 Å². The van der Waals surface area contributed by atoms with Crippen molar-refractivity contribution in [3.05, 3.63) is 41.7 Å². The monoisotopic (exact) mass is 477 g/mol. The number of methoxy groups -OCH3 is 1. The number of hydrogen-bond acceptors (Lipinski definition) is 6. The zero-order valence-electron chi connectivity index (χ0n) is 19.5. The Balaban J connectivity index is 1.45. The van der Waals surface area contributed by atoms with E-state index in [1.54, 1.807) is 26.2 Å². The zero-order chi connectivity index (χ0) is 25.1. The number of nitriles is 1. The number of rotatable bonds is 9. The molecular formula is C25H27N5O5. The number of hydrogen-bond donors (Lipinski definition) is 4. The van der Waals surface area contributed by atoms with Crippen LogP contribution in [0.25, 0.3) is 10.9 Å². The fourth-order valence-corrected chi connectivity index (χ4v) is 4.22. The van der Waals surface area contributed by atoms with E-state index < -0.39 is 35.6 Å². The van der Waals surface area contributed by atoms with E-state index in [0.29, 0.717) is 23.8 Å². The molecule has 4 rings (SSSR count). The van der Waals surface area contributed by atoms with Crippen LogP contribution in [0.2, 0.25) is 0 Å². The number of carbonyl (C=O) groups excluding carboxylic acids is 4. The lowest BCUT2D eigenvalue weighted by molar-refractivity contribution is -0.126. The molecule has 0 spiro atoms. The van der Waals surface area contributed by atoms with Gasteiger partial charge in [-0.25, -0.2) is 0 Å². The van der Waals surface area contributed by atoms with Gasteiger partial charge in [0.05, 0.1) is 13.0 Å². The molecule has 2 heterocycles. The fourth-order valence-electron chi connectivity index (χ4n) is 4.22. The van der Waals surface area contributed by atoms with E-state index in [0.717, 1.165) is 23.7 Å². The van der Waals surface area contributed by atoms with Gasteiger partial charge in [-0.3, -0.25) is 24.5 Å². The van der Waals surface area contributed by atoms with Crippen molar-refractivity contribution >= 4 is 34.5 Å². The van der Waals surface area contributed by atoms with Crippen molar-refractivity contribution in [1.29, 1.82) is 5.26 Å². The number of benzene rings is 1. The second kappa shape index (κ2) is 10.0. The van der Waals surface area contributed by atoms with Crippen LogP contribution in [0.5, 0.6) is 5.75 Å². The number of nitrogens with zero attached hydrogens (tertiary/aromatic N) is 1. The normalized spacial score (nSPS) is 20.8. The Bertz CT molecular complexity index is 1250. The highest BCUT2D eigenvalue weighted by molar-refractivity contribution is 6.05. The molecule has 2 fully saturated rings. The summed E-state index contributed by atoms with van der Waals surface area (Å²) in [5, 5.41) is 17.9. The molecule has 3 atom stereocenters. The van der Waals surface area contributed by atoms with E-state index in [1.165, 1.54) is 6.08 Å². The lowest BCUT2D eigenvalue weighted by atomic mass is 9.93. The Morgan fingerprint density at radius 3 is 2.69 bits per heavy atom. The highest BCUT2D eigenvalue weighted by atomic mass is 16.5. The van der Waals surface area contributed by atoms with Crippen LogP contribution in [-0.4, -0.2) is 41.8 Å². The van der Waals surface area contributed by atoms with Crippen LogP contribution in [0.3, 0.4) is 0 Å². The van der Waals surface area contributed by atoms with Gasteiger partial charge in [-0.05, 0) is 43.0 Å². The van der Waals surface area contributed by atoms with Gasteiger partial charge in [0.1, 0.15) is 29.3 Å². The molecule has 2 aromatic rings. The number of aromatic nitrogens is 1. The first-order chi connectivity index (χ1) is 16.8. The molecule has 0 radical (unpaired) electrons. The number of ether oxygens (including phenoxy) is 1. The molecule has 1 aromatic carbocycles. The summed E-state index contributed by atoms with van der Waals surface area (Å²) in [6, 6.07) is 8.18. The molecule has 35 heavy (non-hydrogen) atoms. The second-order valence-corrected chi connectivity index (χ2v) is 9.01. The maximum absolute atomic E-state index is 13.0. The summed E-state index contributed by atoms with van der Waals surface area (Å²) in [5.41, 5.74) is 0.996. The third-order valence-corrected chi connectivity index (χ3v) is 6.53. The smallest absolute Gasteiger partial charge is 0.268 e. The number of imide groups is 1. The summed E-state index contributed by atoms with van der Waals surface area (Å²) in [4.78, 5) is 52.6. The van der Waals surface area contributed by atoms with Gasteiger partial charge in [-0.1, -0.05) is 25.8 Å². The van der Waals surface area contributed by atoms with Gasteiger partial charge in [0.2, 0.25) is 17.7 Å². The highest BCUT2D eigenvalue weighted by Crippen LogP contribution is 2.34. The van der Waals surface area contributed by atoms with Crippen LogP contribution in [0.4, 0.5) is 0 Å². The first kappa shape index (κ1) is 24.0. The van der Waals surface area contributed by atoms with Gasteiger partial charge < -0.3 is 20.4 Å². The molecule has 4 N–H and O–H groups in total. The molecule has 1 saturated carbocycles. The second-order valence-electron chi connectivity index (χ2n) is 9.01. The maximum Gasteiger partial charge on any atom is 0.268 e. The van der Waals surface area contributed by atoms with Crippen molar-refractivity contribution in [3.63, 3.8) is 0 Å². The van der Waals surface area contributed by atoms with E-state index in [4.69, 9.17) is 4.74 Å². The molecule has 10 heteroatoms. The lowest BCUT2D eigenvalue weighted by Gasteiger charge is -2.18. The molecule has 1 unspecified atom stereocenters. The van der Waals surface area contributed by atoms with Crippen LogP contribution in [0, 0.1) is 29.1 Å². The summed E-state index contributed by atoms with van der Waals surface area (Å²) in [7, 11) is 1.55. The van der Waals surface area contributed by atoms with Crippen LogP contribution in [0.15, 0.2) is 36.0 Å².